The van der Waals surface area contributed by atoms with Gasteiger partial charge in [-0.15, -0.1) is 24.8 Å². The Morgan fingerprint density at radius 3 is 2.47 bits per heavy atom. The molecule has 5 heteroatoms. The second-order valence-corrected chi connectivity index (χ2v) is 3.69. The highest BCUT2D eigenvalue weighted by Crippen LogP contribution is 2.38. The maximum atomic E-state index is 11.5. The molecular formula is C10H16Cl2N2O. The van der Waals surface area contributed by atoms with Crippen LogP contribution in [0, 0.1) is 6.92 Å². The molecule has 1 fully saturated rings. The molecular weight excluding hydrogens is 235 g/mol. The van der Waals surface area contributed by atoms with Gasteiger partial charge in [0.25, 0.3) is 5.56 Å². The van der Waals surface area contributed by atoms with Gasteiger partial charge in [0.1, 0.15) is 0 Å². The number of aromatic amines is 1. The zero-order valence-electron chi connectivity index (χ0n) is 8.58. The van der Waals surface area contributed by atoms with Crippen molar-refractivity contribution in [2.75, 3.05) is 0 Å². The summed E-state index contributed by atoms with van der Waals surface area (Å²) in [6, 6.07) is 2.06. The Bertz CT molecular complexity index is 385. The lowest BCUT2D eigenvalue weighted by molar-refractivity contribution is 0.933. The summed E-state index contributed by atoms with van der Waals surface area (Å²) < 4.78 is 0. The molecule has 0 aliphatic heterocycles. The van der Waals surface area contributed by atoms with Crippen LogP contribution < -0.4 is 11.3 Å². The van der Waals surface area contributed by atoms with Crippen LogP contribution in [0.25, 0.3) is 0 Å². The fourth-order valence-corrected chi connectivity index (χ4v) is 1.61. The molecule has 86 valence electrons. The predicted octanol–water partition coefficient (Wildman–Crippen LogP) is 1.86. The second-order valence-electron chi connectivity index (χ2n) is 3.69. The smallest absolute Gasteiger partial charge is 0.252 e. The van der Waals surface area contributed by atoms with E-state index < -0.39 is 0 Å². The molecule has 0 spiro atoms. The lowest BCUT2D eigenvalue weighted by atomic mass is 10.1. The van der Waals surface area contributed by atoms with Gasteiger partial charge in [-0.25, -0.2) is 0 Å². The van der Waals surface area contributed by atoms with Gasteiger partial charge in [-0.05, 0) is 37.3 Å². The van der Waals surface area contributed by atoms with E-state index in [0.29, 0.717) is 18.0 Å². The molecule has 3 nitrogen and oxygen atoms in total. The highest BCUT2D eigenvalue weighted by Gasteiger charge is 2.25. The molecule has 3 N–H and O–H groups in total. The Hall–Kier alpha value is -0.510. The van der Waals surface area contributed by atoms with Crippen LogP contribution in [0.15, 0.2) is 10.9 Å². The van der Waals surface area contributed by atoms with E-state index in [4.69, 9.17) is 5.73 Å². The molecule has 0 amide bonds. The molecule has 1 aliphatic carbocycles. The van der Waals surface area contributed by atoms with Crippen molar-refractivity contribution in [2.24, 2.45) is 5.73 Å². The van der Waals surface area contributed by atoms with E-state index in [-0.39, 0.29) is 30.4 Å². The van der Waals surface area contributed by atoms with Crippen LogP contribution in [0.5, 0.6) is 0 Å². The van der Waals surface area contributed by atoms with Crippen LogP contribution in [-0.2, 0) is 6.54 Å². The molecule has 0 unspecified atom stereocenters. The van der Waals surface area contributed by atoms with Crippen molar-refractivity contribution >= 4 is 24.8 Å². The molecule has 1 heterocycles. The molecule has 2 rings (SSSR count). The largest absolute Gasteiger partial charge is 0.326 e. The molecule has 1 aromatic rings. The van der Waals surface area contributed by atoms with Crippen molar-refractivity contribution in [3.8, 4) is 0 Å². The van der Waals surface area contributed by atoms with Crippen LogP contribution in [0.2, 0.25) is 0 Å². The predicted molar refractivity (Wildman–Crippen MR) is 66.2 cm³/mol. The van der Waals surface area contributed by atoms with Crippen molar-refractivity contribution in [1.29, 1.82) is 0 Å². The third kappa shape index (κ3) is 2.97. The molecule has 1 saturated carbocycles. The number of H-pyrrole nitrogens is 1. The third-order valence-electron chi connectivity index (χ3n) is 2.60. The zero-order valence-corrected chi connectivity index (χ0v) is 10.2. The zero-order chi connectivity index (χ0) is 9.42. The average molecular weight is 251 g/mol. The van der Waals surface area contributed by atoms with Gasteiger partial charge in [0, 0.05) is 17.8 Å². The number of rotatable bonds is 2. The van der Waals surface area contributed by atoms with E-state index >= 15 is 0 Å². The monoisotopic (exact) mass is 250 g/mol. The molecule has 0 radical (unpaired) electrons. The Labute approximate surface area is 101 Å². The highest BCUT2D eigenvalue weighted by atomic mass is 35.5. The first kappa shape index (κ1) is 14.5. The van der Waals surface area contributed by atoms with Gasteiger partial charge in [-0.3, -0.25) is 4.79 Å². The minimum absolute atomic E-state index is 0. The summed E-state index contributed by atoms with van der Waals surface area (Å²) in [5.74, 6) is 0.596. The number of aryl methyl sites for hydroxylation is 1. The lowest BCUT2D eigenvalue weighted by Crippen LogP contribution is -2.19. The highest BCUT2D eigenvalue weighted by molar-refractivity contribution is 5.85. The summed E-state index contributed by atoms with van der Waals surface area (Å²) in [5, 5.41) is 0. The van der Waals surface area contributed by atoms with Crippen LogP contribution in [0.1, 0.15) is 35.6 Å². The topological polar surface area (TPSA) is 58.9 Å². The molecule has 1 aliphatic rings. The maximum absolute atomic E-state index is 11.5. The number of nitrogens with two attached hydrogens (primary N) is 1. The minimum Gasteiger partial charge on any atom is -0.326 e. The maximum Gasteiger partial charge on any atom is 0.252 e. The first-order valence-electron chi connectivity index (χ1n) is 4.65. The molecule has 15 heavy (non-hydrogen) atoms. The molecule has 0 bridgehead atoms. The normalized spacial score (nSPS) is 14.0. The Kier molecular flexibility index (Phi) is 5.35. The number of hydrogen-bond acceptors (Lipinski definition) is 2. The summed E-state index contributed by atoms with van der Waals surface area (Å²) in [5.41, 5.74) is 8.28. The average Bonchev–Trinajstić information content (AvgIpc) is 2.85. The minimum atomic E-state index is -0.00981. The summed E-state index contributed by atoms with van der Waals surface area (Å²) >= 11 is 0. The lowest BCUT2D eigenvalue weighted by Gasteiger charge is -2.04. The second kappa shape index (κ2) is 5.54. The van der Waals surface area contributed by atoms with E-state index in [2.05, 4.69) is 11.1 Å². The molecule has 0 saturated heterocycles. The van der Waals surface area contributed by atoms with Gasteiger partial charge < -0.3 is 10.7 Å². The standard InChI is InChI=1S/C10H14N2O.2ClH/c1-6-4-9(7-2-3-7)12-10(13)8(6)5-11;;/h4,7H,2-3,5,11H2,1H3,(H,12,13);2*1H. The molecule has 0 atom stereocenters. The van der Waals surface area contributed by atoms with Crippen molar-refractivity contribution in [1.82, 2.24) is 4.98 Å². The fourth-order valence-electron chi connectivity index (χ4n) is 1.61. The van der Waals surface area contributed by atoms with Crippen LogP contribution in [0.4, 0.5) is 0 Å². The van der Waals surface area contributed by atoms with Crippen molar-refractivity contribution in [2.45, 2.75) is 32.2 Å². The van der Waals surface area contributed by atoms with E-state index in [1.165, 1.54) is 12.8 Å². The number of pyridine rings is 1. The van der Waals surface area contributed by atoms with E-state index in [1.807, 2.05) is 6.92 Å². The van der Waals surface area contributed by atoms with Crippen molar-refractivity contribution < 1.29 is 0 Å². The summed E-state index contributed by atoms with van der Waals surface area (Å²) in [4.78, 5) is 14.4. The Morgan fingerprint density at radius 2 is 2.07 bits per heavy atom. The van der Waals surface area contributed by atoms with Crippen LogP contribution in [-0.4, -0.2) is 4.98 Å². The quantitative estimate of drug-likeness (QED) is 0.842. The van der Waals surface area contributed by atoms with Gasteiger partial charge >= 0.3 is 0 Å². The number of aromatic nitrogens is 1. The first-order chi connectivity index (χ1) is 6.22. The van der Waals surface area contributed by atoms with Crippen molar-refractivity contribution in [3.63, 3.8) is 0 Å². The summed E-state index contributed by atoms with van der Waals surface area (Å²) in [7, 11) is 0. The van der Waals surface area contributed by atoms with E-state index in [9.17, 15) is 4.79 Å². The van der Waals surface area contributed by atoms with Crippen molar-refractivity contribution in [3.05, 3.63) is 33.2 Å². The van der Waals surface area contributed by atoms with Gasteiger partial charge in [0.2, 0.25) is 0 Å². The van der Waals surface area contributed by atoms with Gasteiger partial charge in [-0.2, -0.15) is 0 Å². The van der Waals surface area contributed by atoms with Crippen LogP contribution >= 0.6 is 24.8 Å². The SMILES string of the molecule is Cc1cc(C2CC2)[nH]c(=O)c1CN.Cl.Cl. The van der Waals surface area contributed by atoms with Crippen LogP contribution in [0.3, 0.4) is 0 Å². The molecule has 1 aromatic heterocycles. The number of nitrogens with one attached hydrogen (secondary N) is 1. The number of hydrogen-bond donors (Lipinski definition) is 2. The third-order valence-corrected chi connectivity index (χ3v) is 2.60. The van der Waals surface area contributed by atoms with E-state index in [0.717, 1.165) is 11.3 Å². The molecule has 0 aromatic carbocycles. The summed E-state index contributed by atoms with van der Waals surface area (Å²) in [6.45, 7) is 2.27. The van der Waals surface area contributed by atoms with E-state index in [1.54, 1.807) is 0 Å². The fraction of sp³-hybridized carbons (Fsp3) is 0.500. The summed E-state index contributed by atoms with van der Waals surface area (Å²) in [6.07, 6.45) is 2.41. The first-order valence-corrected chi connectivity index (χ1v) is 4.65. The number of halogens is 2. The Balaban J connectivity index is 0.000000980. The van der Waals surface area contributed by atoms with Gasteiger partial charge in [-0.1, -0.05) is 0 Å². The van der Waals surface area contributed by atoms with Gasteiger partial charge in [0.15, 0.2) is 0 Å². The Morgan fingerprint density at radius 1 is 1.47 bits per heavy atom. The van der Waals surface area contributed by atoms with Gasteiger partial charge in [0.05, 0.1) is 0 Å².